The fourth-order valence-corrected chi connectivity index (χ4v) is 1.23. The van der Waals surface area contributed by atoms with E-state index in [1.165, 1.54) is 4.90 Å². The molecule has 2 N–H and O–H groups in total. The second kappa shape index (κ2) is 6.12. The predicted octanol–water partition coefficient (Wildman–Crippen LogP) is 0.916. The van der Waals surface area contributed by atoms with Gasteiger partial charge in [-0.15, -0.1) is 0 Å². The summed E-state index contributed by atoms with van der Waals surface area (Å²) >= 11 is 0. The molecule has 0 saturated heterocycles. The number of likely N-dealkylation sites (N-methyl/N-ethyl adjacent to an activating group) is 1. The number of benzene rings is 1. The highest BCUT2D eigenvalue weighted by molar-refractivity contribution is 5.76. The average molecular weight is 222 g/mol. The third-order valence-corrected chi connectivity index (χ3v) is 2.30. The fourth-order valence-electron chi connectivity index (χ4n) is 1.23. The molecular formula is C12H18N2O2. The van der Waals surface area contributed by atoms with Crippen molar-refractivity contribution >= 4 is 11.6 Å². The molecule has 0 aromatic heterocycles. The third kappa shape index (κ3) is 3.90. The third-order valence-electron chi connectivity index (χ3n) is 2.30. The molecule has 1 aromatic carbocycles. The van der Waals surface area contributed by atoms with Gasteiger partial charge in [0.25, 0.3) is 0 Å². The molecule has 0 bridgehead atoms. The first-order chi connectivity index (χ1) is 7.61. The van der Waals surface area contributed by atoms with Crippen LogP contribution in [0, 0.1) is 0 Å². The molecule has 1 rings (SSSR count). The first-order valence-electron chi connectivity index (χ1n) is 5.22. The summed E-state index contributed by atoms with van der Waals surface area (Å²) in [6, 6.07) is 7.67. The molecular weight excluding hydrogens is 204 g/mol. The molecule has 0 saturated carbocycles. The van der Waals surface area contributed by atoms with Crippen molar-refractivity contribution in [3.63, 3.8) is 0 Å². The largest absolute Gasteiger partial charge is 0.399 e. The predicted molar refractivity (Wildman–Crippen MR) is 64.1 cm³/mol. The van der Waals surface area contributed by atoms with Crippen LogP contribution in [0.1, 0.15) is 5.56 Å². The van der Waals surface area contributed by atoms with Gasteiger partial charge in [0.15, 0.2) is 0 Å². The molecule has 16 heavy (non-hydrogen) atoms. The lowest BCUT2D eigenvalue weighted by atomic mass is 10.1. The number of nitrogen functional groups attached to an aromatic ring is 1. The number of hydrogen-bond donors (Lipinski definition) is 1. The van der Waals surface area contributed by atoms with E-state index in [1.54, 1.807) is 14.1 Å². The van der Waals surface area contributed by atoms with Crippen LogP contribution in [0.4, 0.5) is 5.69 Å². The maximum Gasteiger partial charge on any atom is 0.248 e. The minimum atomic E-state index is -0.0268. The standard InChI is InChI=1S/C12H18N2O2/c1-14(2)12(15)9-16-8-7-10-5-3-4-6-11(10)13/h3-6H,7-9,13H2,1-2H3. The van der Waals surface area contributed by atoms with Crippen LogP contribution in [0.2, 0.25) is 0 Å². The van der Waals surface area contributed by atoms with E-state index in [0.717, 1.165) is 17.7 Å². The zero-order chi connectivity index (χ0) is 12.0. The summed E-state index contributed by atoms with van der Waals surface area (Å²) < 4.78 is 5.27. The van der Waals surface area contributed by atoms with Crippen LogP contribution in [-0.4, -0.2) is 38.1 Å². The number of para-hydroxylation sites is 1. The maximum absolute atomic E-state index is 11.2. The number of hydrogen-bond acceptors (Lipinski definition) is 3. The van der Waals surface area contributed by atoms with Crippen LogP contribution < -0.4 is 5.73 Å². The Morgan fingerprint density at radius 2 is 2.06 bits per heavy atom. The van der Waals surface area contributed by atoms with E-state index in [9.17, 15) is 4.79 Å². The van der Waals surface area contributed by atoms with Crippen LogP contribution in [0.15, 0.2) is 24.3 Å². The Bertz CT molecular complexity index is 351. The second-order valence-corrected chi connectivity index (χ2v) is 3.79. The zero-order valence-electron chi connectivity index (χ0n) is 9.77. The normalized spacial score (nSPS) is 10.1. The van der Waals surface area contributed by atoms with Gasteiger partial charge in [-0.05, 0) is 18.1 Å². The van der Waals surface area contributed by atoms with Gasteiger partial charge in [0, 0.05) is 19.8 Å². The monoisotopic (exact) mass is 222 g/mol. The Balaban J connectivity index is 2.26. The Kier molecular flexibility index (Phi) is 4.79. The van der Waals surface area contributed by atoms with Crippen LogP contribution in [0.5, 0.6) is 0 Å². The van der Waals surface area contributed by atoms with Crippen molar-refractivity contribution in [3.8, 4) is 0 Å². The van der Waals surface area contributed by atoms with E-state index in [2.05, 4.69) is 0 Å². The number of anilines is 1. The van der Waals surface area contributed by atoms with Gasteiger partial charge in [-0.3, -0.25) is 4.79 Å². The number of amides is 1. The quantitative estimate of drug-likeness (QED) is 0.595. The van der Waals surface area contributed by atoms with Crippen molar-refractivity contribution in [3.05, 3.63) is 29.8 Å². The van der Waals surface area contributed by atoms with Gasteiger partial charge in [0.2, 0.25) is 5.91 Å². The summed E-state index contributed by atoms with van der Waals surface area (Å²) in [4.78, 5) is 12.7. The van der Waals surface area contributed by atoms with Crippen molar-refractivity contribution < 1.29 is 9.53 Å². The first kappa shape index (κ1) is 12.5. The van der Waals surface area contributed by atoms with Gasteiger partial charge in [0.05, 0.1) is 6.61 Å². The maximum atomic E-state index is 11.2. The number of ether oxygens (including phenoxy) is 1. The highest BCUT2D eigenvalue weighted by Crippen LogP contribution is 2.10. The van der Waals surface area contributed by atoms with Gasteiger partial charge in [-0.1, -0.05) is 18.2 Å². The van der Waals surface area contributed by atoms with Crippen LogP contribution in [0.3, 0.4) is 0 Å². The summed E-state index contributed by atoms with van der Waals surface area (Å²) in [5, 5.41) is 0. The van der Waals surface area contributed by atoms with Gasteiger partial charge < -0.3 is 15.4 Å². The fraction of sp³-hybridized carbons (Fsp3) is 0.417. The Morgan fingerprint density at radius 3 is 2.69 bits per heavy atom. The highest BCUT2D eigenvalue weighted by atomic mass is 16.5. The van der Waals surface area contributed by atoms with Crippen molar-refractivity contribution in [1.29, 1.82) is 0 Å². The molecule has 0 unspecified atom stereocenters. The lowest BCUT2D eigenvalue weighted by Gasteiger charge is -2.10. The number of rotatable bonds is 5. The number of carbonyl (C=O) groups is 1. The van der Waals surface area contributed by atoms with E-state index >= 15 is 0 Å². The summed E-state index contributed by atoms with van der Waals surface area (Å²) in [6.07, 6.45) is 0.730. The van der Waals surface area contributed by atoms with E-state index in [-0.39, 0.29) is 12.5 Å². The summed E-state index contributed by atoms with van der Waals surface area (Å²) in [5.74, 6) is -0.0268. The molecule has 1 amide bonds. The van der Waals surface area contributed by atoms with Crippen molar-refractivity contribution in [2.45, 2.75) is 6.42 Å². The highest BCUT2D eigenvalue weighted by Gasteiger charge is 2.03. The van der Waals surface area contributed by atoms with E-state index in [4.69, 9.17) is 10.5 Å². The van der Waals surface area contributed by atoms with Gasteiger partial charge in [0.1, 0.15) is 6.61 Å². The van der Waals surface area contributed by atoms with Gasteiger partial charge >= 0.3 is 0 Å². The summed E-state index contributed by atoms with van der Waals surface area (Å²) in [6.45, 7) is 0.632. The smallest absolute Gasteiger partial charge is 0.248 e. The zero-order valence-corrected chi connectivity index (χ0v) is 9.77. The summed E-state index contributed by atoms with van der Waals surface area (Å²) in [7, 11) is 3.42. The summed E-state index contributed by atoms with van der Waals surface area (Å²) in [5.41, 5.74) is 7.60. The van der Waals surface area contributed by atoms with E-state index in [0.29, 0.717) is 6.61 Å². The molecule has 0 heterocycles. The molecule has 88 valence electrons. The topological polar surface area (TPSA) is 55.6 Å². The average Bonchev–Trinajstić information content (AvgIpc) is 2.26. The first-order valence-corrected chi connectivity index (χ1v) is 5.22. The lowest BCUT2D eigenvalue weighted by Crippen LogP contribution is -2.26. The van der Waals surface area contributed by atoms with E-state index in [1.807, 2.05) is 24.3 Å². The van der Waals surface area contributed by atoms with Crippen LogP contribution in [0.25, 0.3) is 0 Å². The van der Waals surface area contributed by atoms with E-state index < -0.39 is 0 Å². The molecule has 0 radical (unpaired) electrons. The lowest BCUT2D eigenvalue weighted by molar-refractivity contribution is -0.133. The van der Waals surface area contributed by atoms with Gasteiger partial charge in [-0.25, -0.2) is 0 Å². The Labute approximate surface area is 96.0 Å². The minimum absolute atomic E-state index is 0.0268. The molecule has 0 aliphatic carbocycles. The molecule has 1 aromatic rings. The molecule has 4 nitrogen and oxygen atoms in total. The number of carbonyl (C=O) groups excluding carboxylic acids is 1. The van der Waals surface area contributed by atoms with Crippen LogP contribution >= 0.6 is 0 Å². The molecule has 0 atom stereocenters. The van der Waals surface area contributed by atoms with Crippen molar-refractivity contribution in [1.82, 2.24) is 4.90 Å². The van der Waals surface area contributed by atoms with Crippen molar-refractivity contribution in [2.75, 3.05) is 33.0 Å². The SMILES string of the molecule is CN(C)C(=O)COCCc1ccccc1N. The Morgan fingerprint density at radius 1 is 1.38 bits per heavy atom. The number of nitrogens with two attached hydrogens (primary N) is 1. The minimum Gasteiger partial charge on any atom is -0.399 e. The molecule has 0 aliphatic heterocycles. The van der Waals surface area contributed by atoms with Crippen molar-refractivity contribution in [2.24, 2.45) is 0 Å². The Hall–Kier alpha value is -1.55. The van der Waals surface area contributed by atoms with Crippen LogP contribution in [-0.2, 0) is 16.0 Å². The molecule has 0 spiro atoms. The second-order valence-electron chi connectivity index (χ2n) is 3.79. The molecule has 0 fully saturated rings. The molecule has 0 aliphatic rings. The molecule has 4 heteroatoms. The number of nitrogens with zero attached hydrogens (tertiary/aromatic N) is 1. The van der Waals surface area contributed by atoms with Gasteiger partial charge in [-0.2, -0.15) is 0 Å².